The van der Waals surface area contributed by atoms with E-state index in [1.54, 1.807) is 20.8 Å². The lowest BCUT2D eigenvalue weighted by Gasteiger charge is -2.27. The maximum Gasteiger partial charge on any atom is 0.407 e. The molecule has 1 amide bonds. The molecule has 0 heterocycles. The largest absolute Gasteiger partial charge is 0.444 e. The van der Waals surface area contributed by atoms with Crippen LogP contribution in [0.4, 0.5) is 13.6 Å². The van der Waals surface area contributed by atoms with Crippen LogP contribution >= 0.6 is 0 Å². The zero-order valence-corrected chi connectivity index (χ0v) is 16.7. The molecule has 0 spiro atoms. The number of hydrogen-bond donors (Lipinski definition) is 3. The van der Waals surface area contributed by atoms with E-state index in [2.05, 4.69) is 10.6 Å². The molecule has 1 aromatic carbocycles. The number of nitrogens with zero attached hydrogens (tertiary/aromatic N) is 1. The van der Waals surface area contributed by atoms with Crippen molar-refractivity contribution in [3.05, 3.63) is 35.4 Å². The van der Waals surface area contributed by atoms with Gasteiger partial charge in [0.15, 0.2) is 0 Å². The Morgan fingerprint density at radius 1 is 1.22 bits per heavy atom. The number of aliphatic hydroxyl groups excluding tert-OH is 1. The third kappa shape index (κ3) is 10.2. The Morgan fingerprint density at radius 2 is 1.81 bits per heavy atom. The van der Waals surface area contributed by atoms with Crippen molar-refractivity contribution in [2.75, 3.05) is 33.7 Å². The summed E-state index contributed by atoms with van der Waals surface area (Å²) in [5.41, 5.74) is -0.366. The molecular weight excluding hydrogens is 356 g/mol. The second-order valence-corrected chi connectivity index (χ2v) is 7.81. The van der Waals surface area contributed by atoms with Crippen molar-refractivity contribution in [2.24, 2.45) is 0 Å². The first kappa shape index (κ1) is 23.3. The number of amides is 1. The number of hydrogen-bond acceptors (Lipinski definition) is 5. The predicted octanol–water partition coefficient (Wildman–Crippen LogP) is 1.91. The quantitative estimate of drug-likeness (QED) is 0.565. The minimum Gasteiger partial charge on any atom is -0.444 e. The molecule has 1 rings (SSSR count). The number of ether oxygens (including phenoxy) is 1. The molecule has 0 saturated carbocycles. The van der Waals surface area contributed by atoms with Crippen LogP contribution in [-0.4, -0.2) is 67.6 Å². The number of likely N-dealkylation sites (N-methyl/N-ethyl adjacent to an activating group) is 1. The van der Waals surface area contributed by atoms with Gasteiger partial charge < -0.3 is 25.4 Å². The highest BCUT2D eigenvalue weighted by molar-refractivity contribution is 5.68. The van der Waals surface area contributed by atoms with Gasteiger partial charge in [-0.3, -0.25) is 0 Å². The highest BCUT2D eigenvalue weighted by atomic mass is 19.1. The van der Waals surface area contributed by atoms with Crippen molar-refractivity contribution in [3.63, 3.8) is 0 Å². The molecule has 0 fully saturated rings. The number of rotatable bonds is 9. The summed E-state index contributed by atoms with van der Waals surface area (Å²) in [6, 6.07) is 2.37. The molecule has 27 heavy (non-hydrogen) atoms. The van der Waals surface area contributed by atoms with E-state index in [1.807, 2.05) is 19.0 Å². The molecule has 0 bridgehead atoms. The zero-order chi connectivity index (χ0) is 20.6. The molecule has 0 aliphatic rings. The summed E-state index contributed by atoms with van der Waals surface area (Å²) in [7, 11) is 3.87. The Labute approximate surface area is 159 Å². The third-order valence-electron chi connectivity index (χ3n) is 3.63. The van der Waals surface area contributed by atoms with Gasteiger partial charge in [-0.1, -0.05) is 0 Å². The first-order valence-corrected chi connectivity index (χ1v) is 8.94. The molecule has 0 radical (unpaired) electrons. The highest BCUT2D eigenvalue weighted by Crippen LogP contribution is 2.13. The Hall–Kier alpha value is -1.77. The van der Waals surface area contributed by atoms with Crippen LogP contribution in [0.15, 0.2) is 18.2 Å². The lowest BCUT2D eigenvalue weighted by Crippen LogP contribution is -2.50. The highest BCUT2D eigenvalue weighted by Gasteiger charge is 2.25. The lowest BCUT2D eigenvalue weighted by molar-refractivity contribution is 0.0422. The van der Waals surface area contributed by atoms with Gasteiger partial charge in [-0.25, -0.2) is 13.6 Å². The van der Waals surface area contributed by atoms with Crippen LogP contribution in [-0.2, 0) is 11.2 Å². The average molecular weight is 387 g/mol. The van der Waals surface area contributed by atoms with E-state index < -0.39 is 35.5 Å². The minimum absolute atomic E-state index is 0.0600. The van der Waals surface area contributed by atoms with Gasteiger partial charge in [-0.05, 0) is 59.0 Å². The topological polar surface area (TPSA) is 73.8 Å². The van der Waals surface area contributed by atoms with Gasteiger partial charge in [0.05, 0.1) is 12.1 Å². The molecule has 154 valence electrons. The summed E-state index contributed by atoms with van der Waals surface area (Å²) in [6.07, 6.45) is -1.60. The number of halogens is 2. The summed E-state index contributed by atoms with van der Waals surface area (Å²) < 4.78 is 32.1. The monoisotopic (exact) mass is 387 g/mol. The summed E-state index contributed by atoms with van der Waals surface area (Å²) in [5, 5.41) is 16.2. The van der Waals surface area contributed by atoms with E-state index in [0.717, 1.165) is 12.6 Å². The maximum absolute atomic E-state index is 13.5. The Balaban J connectivity index is 2.79. The Bertz CT molecular complexity index is 586. The van der Waals surface area contributed by atoms with Gasteiger partial charge in [-0.15, -0.1) is 0 Å². The van der Waals surface area contributed by atoms with Crippen LogP contribution < -0.4 is 10.6 Å². The van der Waals surface area contributed by atoms with Crippen LogP contribution in [0.3, 0.4) is 0 Å². The van der Waals surface area contributed by atoms with Crippen molar-refractivity contribution in [3.8, 4) is 0 Å². The van der Waals surface area contributed by atoms with E-state index in [1.165, 1.54) is 12.1 Å². The molecule has 0 saturated heterocycles. The fourth-order valence-electron chi connectivity index (χ4n) is 2.42. The molecule has 0 aliphatic carbocycles. The SMILES string of the molecule is CN(C)CCNC[C@@H](O)[C@H](Cc1cc(F)cc(F)c1)NC(=O)OC(C)(C)C. The van der Waals surface area contributed by atoms with Gasteiger partial charge in [-0.2, -0.15) is 0 Å². The van der Waals surface area contributed by atoms with Crippen molar-refractivity contribution >= 4 is 6.09 Å². The van der Waals surface area contributed by atoms with E-state index in [-0.39, 0.29) is 13.0 Å². The lowest BCUT2D eigenvalue weighted by atomic mass is 10.0. The smallest absolute Gasteiger partial charge is 0.407 e. The van der Waals surface area contributed by atoms with Gasteiger partial charge in [0.2, 0.25) is 0 Å². The molecule has 8 heteroatoms. The van der Waals surface area contributed by atoms with Crippen LogP contribution in [0, 0.1) is 11.6 Å². The van der Waals surface area contributed by atoms with Crippen molar-refractivity contribution in [1.82, 2.24) is 15.5 Å². The van der Waals surface area contributed by atoms with Crippen LogP contribution in [0.1, 0.15) is 26.3 Å². The third-order valence-corrected chi connectivity index (χ3v) is 3.63. The molecule has 1 aromatic rings. The summed E-state index contributed by atoms with van der Waals surface area (Å²) in [6.45, 7) is 6.82. The molecule has 0 aliphatic heterocycles. The Kier molecular flexibility index (Phi) is 9.08. The zero-order valence-electron chi connectivity index (χ0n) is 16.7. The molecule has 3 N–H and O–H groups in total. The normalized spacial score (nSPS) is 14.1. The standard InChI is InChI=1S/C19H31F2N3O3/c1-19(2,3)27-18(26)23-16(17(25)12-22-6-7-24(4)5)10-13-8-14(20)11-15(21)9-13/h8-9,11,16-17,22,25H,6-7,10,12H2,1-5H3,(H,23,26)/t16-,17+/m0/s1. The van der Waals surface area contributed by atoms with Crippen LogP contribution in [0.5, 0.6) is 0 Å². The van der Waals surface area contributed by atoms with Gasteiger partial charge in [0.25, 0.3) is 0 Å². The van der Waals surface area contributed by atoms with Crippen LogP contribution in [0.2, 0.25) is 0 Å². The van der Waals surface area contributed by atoms with Crippen molar-refractivity contribution in [2.45, 2.75) is 44.9 Å². The number of aliphatic hydroxyl groups is 1. The average Bonchev–Trinajstić information content (AvgIpc) is 2.47. The van der Waals surface area contributed by atoms with E-state index in [9.17, 15) is 18.7 Å². The summed E-state index contributed by atoms with van der Waals surface area (Å²) in [4.78, 5) is 14.1. The number of benzene rings is 1. The van der Waals surface area contributed by atoms with Crippen molar-refractivity contribution in [1.29, 1.82) is 0 Å². The fraction of sp³-hybridized carbons (Fsp3) is 0.632. The first-order valence-electron chi connectivity index (χ1n) is 8.94. The second-order valence-electron chi connectivity index (χ2n) is 7.81. The molecular formula is C19H31F2N3O3. The van der Waals surface area contributed by atoms with E-state index in [4.69, 9.17) is 4.74 Å². The van der Waals surface area contributed by atoms with Gasteiger partial charge in [0.1, 0.15) is 17.2 Å². The minimum atomic E-state index is -0.967. The first-order chi connectivity index (χ1) is 12.5. The number of carbonyl (C=O) groups is 1. The number of carbonyl (C=O) groups excluding carboxylic acids is 1. The predicted molar refractivity (Wildman–Crippen MR) is 101 cm³/mol. The van der Waals surface area contributed by atoms with E-state index in [0.29, 0.717) is 12.1 Å². The molecule has 0 unspecified atom stereocenters. The Morgan fingerprint density at radius 3 is 2.33 bits per heavy atom. The molecule has 0 aromatic heterocycles. The molecule has 6 nitrogen and oxygen atoms in total. The number of nitrogens with one attached hydrogen (secondary N) is 2. The van der Waals surface area contributed by atoms with Gasteiger partial charge in [0, 0.05) is 25.7 Å². The second kappa shape index (κ2) is 10.5. The fourth-order valence-corrected chi connectivity index (χ4v) is 2.42. The maximum atomic E-state index is 13.5. The van der Waals surface area contributed by atoms with Crippen LogP contribution in [0.25, 0.3) is 0 Å². The van der Waals surface area contributed by atoms with Gasteiger partial charge >= 0.3 is 6.09 Å². The molecule has 2 atom stereocenters. The summed E-state index contributed by atoms with van der Waals surface area (Å²) >= 11 is 0. The van der Waals surface area contributed by atoms with E-state index >= 15 is 0 Å². The van der Waals surface area contributed by atoms with Crippen molar-refractivity contribution < 1.29 is 23.4 Å². The number of alkyl carbamates (subject to hydrolysis) is 1. The summed E-state index contributed by atoms with van der Waals surface area (Å²) in [5.74, 6) is -1.42.